The van der Waals surface area contributed by atoms with E-state index < -0.39 is 0 Å². The third kappa shape index (κ3) is 3.13. The maximum Gasteiger partial charge on any atom is 0.216 e. The fourth-order valence-electron chi connectivity index (χ4n) is 2.09. The molecule has 24 heavy (non-hydrogen) atoms. The van der Waals surface area contributed by atoms with Crippen LogP contribution in [0.25, 0.3) is 11.4 Å². The van der Waals surface area contributed by atoms with Crippen molar-refractivity contribution in [3.8, 4) is 28.6 Å². The number of rotatable bonds is 4. The van der Waals surface area contributed by atoms with E-state index in [1.165, 1.54) is 23.0 Å². The summed E-state index contributed by atoms with van der Waals surface area (Å²) >= 11 is 5.21. The predicted molar refractivity (Wildman–Crippen MR) is 92.2 cm³/mol. The minimum Gasteiger partial charge on any atom is -0.504 e. The van der Waals surface area contributed by atoms with Crippen molar-refractivity contribution in [2.75, 3.05) is 7.11 Å². The first-order valence-electron chi connectivity index (χ1n) is 6.96. The number of nitrogens with zero attached hydrogens (tertiary/aromatic N) is 3. The molecule has 3 aromatic rings. The second-order valence-corrected chi connectivity index (χ2v) is 5.28. The molecule has 3 N–H and O–H groups in total. The molecule has 3 rings (SSSR count). The number of aromatic amines is 1. The molecule has 0 spiro atoms. The molecular weight excluding hydrogens is 328 g/mol. The van der Waals surface area contributed by atoms with E-state index in [4.69, 9.17) is 17.0 Å². The average molecular weight is 342 g/mol. The zero-order valence-corrected chi connectivity index (χ0v) is 13.5. The van der Waals surface area contributed by atoms with Gasteiger partial charge in [0.15, 0.2) is 17.3 Å². The maximum absolute atomic E-state index is 9.53. The zero-order chi connectivity index (χ0) is 17.1. The molecule has 122 valence electrons. The number of hydrogen-bond donors (Lipinski definition) is 3. The van der Waals surface area contributed by atoms with Crippen LogP contribution in [0.5, 0.6) is 17.2 Å². The summed E-state index contributed by atoms with van der Waals surface area (Å²) in [6, 6.07) is 11.8. The van der Waals surface area contributed by atoms with Gasteiger partial charge in [-0.25, -0.2) is 5.10 Å². The lowest BCUT2D eigenvalue weighted by atomic mass is 10.2. The van der Waals surface area contributed by atoms with Crippen LogP contribution in [0.1, 0.15) is 5.56 Å². The van der Waals surface area contributed by atoms with Crippen molar-refractivity contribution in [1.29, 1.82) is 0 Å². The number of methoxy groups -OCH3 is 1. The molecule has 0 saturated heterocycles. The van der Waals surface area contributed by atoms with Gasteiger partial charge in [-0.2, -0.15) is 14.9 Å². The Morgan fingerprint density at radius 1 is 1.21 bits per heavy atom. The van der Waals surface area contributed by atoms with Crippen LogP contribution in [-0.4, -0.2) is 38.4 Å². The van der Waals surface area contributed by atoms with Gasteiger partial charge in [-0.3, -0.25) is 0 Å². The van der Waals surface area contributed by atoms with Crippen LogP contribution in [0.2, 0.25) is 0 Å². The summed E-state index contributed by atoms with van der Waals surface area (Å²) < 4.78 is 7.01. The first-order chi connectivity index (χ1) is 11.6. The predicted octanol–water partition coefficient (Wildman–Crippen LogP) is 2.91. The van der Waals surface area contributed by atoms with E-state index in [2.05, 4.69) is 15.3 Å². The highest BCUT2D eigenvalue weighted by Crippen LogP contribution is 2.25. The molecule has 0 bridgehead atoms. The molecule has 0 aliphatic rings. The second-order valence-electron chi connectivity index (χ2n) is 4.89. The Labute approximate surface area is 142 Å². The Hall–Kier alpha value is -3.13. The van der Waals surface area contributed by atoms with Crippen LogP contribution in [-0.2, 0) is 0 Å². The molecular formula is C16H14N4O3S. The Balaban J connectivity index is 1.99. The number of H-pyrrole nitrogens is 1. The van der Waals surface area contributed by atoms with Gasteiger partial charge in [-0.05, 0) is 48.1 Å². The lowest BCUT2D eigenvalue weighted by Crippen LogP contribution is -1.95. The van der Waals surface area contributed by atoms with E-state index in [1.54, 1.807) is 13.2 Å². The average Bonchev–Trinajstić information content (AvgIpc) is 2.97. The zero-order valence-electron chi connectivity index (χ0n) is 12.7. The van der Waals surface area contributed by atoms with Crippen LogP contribution in [0.4, 0.5) is 0 Å². The minimum absolute atomic E-state index is 0.191. The molecule has 0 aliphatic heterocycles. The molecule has 7 nitrogen and oxygen atoms in total. The highest BCUT2D eigenvalue weighted by atomic mass is 32.1. The maximum atomic E-state index is 9.53. The SMILES string of the molecule is COc1cccc(-c2n[nH]c(=S)n2/N=C\c2ccc(O)c(O)c2)c1. The van der Waals surface area contributed by atoms with Crippen molar-refractivity contribution in [2.24, 2.45) is 5.10 Å². The van der Waals surface area contributed by atoms with Gasteiger partial charge in [-0.1, -0.05) is 12.1 Å². The monoisotopic (exact) mass is 342 g/mol. The van der Waals surface area contributed by atoms with Gasteiger partial charge in [0.05, 0.1) is 13.3 Å². The molecule has 8 heteroatoms. The quantitative estimate of drug-likeness (QED) is 0.385. The highest BCUT2D eigenvalue weighted by molar-refractivity contribution is 7.71. The summed E-state index contributed by atoms with van der Waals surface area (Å²) in [7, 11) is 1.59. The molecule has 0 radical (unpaired) electrons. The summed E-state index contributed by atoms with van der Waals surface area (Å²) in [5, 5.41) is 30.1. The third-order valence-electron chi connectivity index (χ3n) is 3.30. The van der Waals surface area contributed by atoms with E-state index in [9.17, 15) is 10.2 Å². The summed E-state index contributed by atoms with van der Waals surface area (Å²) in [6.45, 7) is 0. The Morgan fingerprint density at radius 3 is 2.79 bits per heavy atom. The van der Waals surface area contributed by atoms with Crippen molar-refractivity contribution >= 4 is 18.4 Å². The van der Waals surface area contributed by atoms with Crippen molar-refractivity contribution in [3.63, 3.8) is 0 Å². The second kappa shape index (κ2) is 6.55. The fourth-order valence-corrected chi connectivity index (χ4v) is 2.27. The molecule has 0 unspecified atom stereocenters. The lowest BCUT2D eigenvalue weighted by molar-refractivity contribution is 0.403. The van der Waals surface area contributed by atoms with Crippen LogP contribution in [0.3, 0.4) is 0 Å². The number of hydrogen-bond acceptors (Lipinski definition) is 6. The smallest absolute Gasteiger partial charge is 0.216 e. The van der Waals surface area contributed by atoms with Gasteiger partial charge in [0.25, 0.3) is 0 Å². The fraction of sp³-hybridized carbons (Fsp3) is 0.0625. The number of aromatic nitrogens is 3. The summed E-state index contributed by atoms with van der Waals surface area (Å²) in [6.07, 6.45) is 1.51. The largest absolute Gasteiger partial charge is 0.504 e. The van der Waals surface area contributed by atoms with Crippen molar-refractivity contribution < 1.29 is 14.9 Å². The molecule has 1 aromatic heterocycles. The summed E-state index contributed by atoms with van der Waals surface area (Å²) in [5.74, 6) is 0.811. The lowest BCUT2D eigenvalue weighted by Gasteiger charge is -2.04. The topological polar surface area (TPSA) is 95.7 Å². The number of nitrogens with one attached hydrogen (secondary N) is 1. The molecule has 0 saturated carbocycles. The van der Waals surface area contributed by atoms with E-state index in [-0.39, 0.29) is 11.5 Å². The standard InChI is InChI=1S/C16H14N4O3S/c1-23-12-4-2-3-11(8-12)15-18-19-16(24)20(15)17-9-10-5-6-13(21)14(22)7-10/h2-9,21-22H,1H3,(H,19,24)/b17-9-. The molecule has 0 atom stereocenters. The Kier molecular flexibility index (Phi) is 4.30. The van der Waals surface area contributed by atoms with Crippen molar-refractivity contribution in [2.45, 2.75) is 0 Å². The number of phenols is 2. The van der Waals surface area contributed by atoms with E-state index in [0.717, 1.165) is 5.56 Å². The van der Waals surface area contributed by atoms with Crippen molar-refractivity contribution in [3.05, 3.63) is 52.8 Å². The number of benzene rings is 2. The molecule has 0 fully saturated rings. The summed E-state index contributed by atoms with van der Waals surface area (Å²) in [4.78, 5) is 0. The van der Waals surface area contributed by atoms with E-state index in [0.29, 0.717) is 21.9 Å². The van der Waals surface area contributed by atoms with Crippen LogP contribution in [0, 0.1) is 4.77 Å². The molecule has 0 amide bonds. The van der Waals surface area contributed by atoms with Gasteiger partial charge >= 0.3 is 0 Å². The van der Waals surface area contributed by atoms with Crippen LogP contribution < -0.4 is 4.74 Å². The van der Waals surface area contributed by atoms with E-state index >= 15 is 0 Å². The van der Waals surface area contributed by atoms with Gasteiger partial charge in [0.2, 0.25) is 4.77 Å². The number of aromatic hydroxyl groups is 2. The number of phenolic OH excluding ortho intramolecular Hbond substituents is 2. The van der Waals surface area contributed by atoms with Crippen LogP contribution >= 0.6 is 12.2 Å². The van der Waals surface area contributed by atoms with Gasteiger partial charge in [-0.15, -0.1) is 0 Å². The van der Waals surface area contributed by atoms with Gasteiger partial charge in [0.1, 0.15) is 5.75 Å². The normalized spacial score (nSPS) is 11.0. The number of ether oxygens (including phenoxy) is 1. The first kappa shape index (κ1) is 15.8. The van der Waals surface area contributed by atoms with Crippen LogP contribution in [0.15, 0.2) is 47.6 Å². The Morgan fingerprint density at radius 2 is 2.04 bits per heavy atom. The third-order valence-corrected chi connectivity index (χ3v) is 3.56. The Bertz CT molecular complexity index is 962. The van der Waals surface area contributed by atoms with Gasteiger partial charge in [0, 0.05) is 5.56 Å². The van der Waals surface area contributed by atoms with E-state index in [1.807, 2.05) is 24.3 Å². The van der Waals surface area contributed by atoms with Gasteiger partial charge < -0.3 is 14.9 Å². The highest BCUT2D eigenvalue weighted by Gasteiger charge is 2.09. The first-order valence-corrected chi connectivity index (χ1v) is 7.37. The summed E-state index contributed by atoms with van der Waals surface area (Å²) in [5.41, 5.74) is 1.39. The molecule has 0 aliphatic carbocycles. The molecule has 2 aromatic carbocycles. The van der Waals surface area contributed by atoms with Crippen molar-refractivity contribution in [1.82, 2.24) is 14.9 Å². The minimum atomic E-state index is -0.220. The molecule has 1 heterocycles.